The average molecular weight is 232 g/mol. The normalized spacial score (nSPS) is 22.7. The van der Waals surface area contributed by atoms with Gasteiger partial charge in [-0.15, -0.1) is 0 Å². The Morgan fingerprint density at radius 3 is 2.76 bits per heavy atom. The first-order chi connectivity index (χ1) is 8.02. The van der Waals surface area contributed by atoms with Crippen LogP contribution in [0.4, 0.5) is 0 Å². The van der Waals surface area contributed by atoms with Crippen LogP contribution in [0.25, 0.3) is 0 Å². The number of benzene rings is 1. The van der Waals surface area contributed by atoms with Crippen LogP contribution in [0.3, 0.4) is 0 Å². The van der Waals surface area contributed by atoms with Crippen LogP contribution in [0.2, 0.25) is 0 Å². The second-order valence-corrected chi connectivity index (χ2v) is 5.86. The van der Waals surface area contributed by atoms with Gasteiger partial charge in [-0.2, -0.15) is 0 Å². The molecule has 0 amide bonds. The van der Waals surface area contributed by atoms with E-state index in [1.807, 2.05) is 12.1 Å². The van der Waals surface area contributed by atoms with E-state index >= 15 is 0 Å². The lowest BCUT2D eigenvalue weighted by atomic mass is 9.77. The first-order valence-electron chi connectivity index (χ1n) is 6.32. The van der Waals surface area contributed by atoms with Crippen molar-refractivity contribution in [1.29, 1.82) is 0 Å². The van der Waals surface area contributed by atoms with Gasteiger partial charge in [-0.25, -0.2) is 0 Å². The SMILES string of the molecule is COB(O)c1cccc(C2CCC(C)(C)C2)c1. The van der Waals surface area contributed by atoms with Gasteiger partial charge in [-0.1, -0.05) is 38.1 Å². The van der Waals surface area contributed by atoms with Crippen molar-refractivity contribution in [3.05, 3.63) is 29.8 Å². The minimum absolute atomic E-state index is 0.459. The molecule has 1 saturated carbocycles. The highest BCUT2D eigenvalue weighted by Crippen LogP contribution is 2.45. The molecule has 2 nitrogen and oxygen atoms in total. The Kier molecular flexibility index (Phi) is 3.60. The fourth-order valence-electron chi connectivity index (χ4n) is 2.82. The van der Waals surface area contributed by atoms with E-state index in [0.29, 0.717) is 11.3 Å². The van der Waals surface area contributed by atoms with E-state index in [0.717, 1.165) is 5.46 Å². The average Bonchev–Trinajstić information content (AvgIpc) is 2.69. The minimum atomic E-state index is -0.802. The summed E-state index contributed by atoms with van der Waals surface area (Å²) < 4.78 is 4.95. The second kappa shape index (κ2) is 4.83. The molecule has 1 atom stereocenters. The zero-order valence-corrected chi connectivity index (χ0v) is 10.9. The van der Waals surface area contributed by atoms with Crippen LogP contribution in [0.15, 0.2) is 24.3 Å². The fourth-order valence-corrected chi connectivity index (χ4v) is 2.82. The summed E-state index contributed by atoms with van der Waals surface area (Å²) >= 11 is 0. The largest absolute Gasteiger partial charge is 0.490 e. The molecule has 1 aromatic carbocycles. The Morgan fingerprint density at radius 1 is 1.41 bits per heavy atom. The maximum absolute atomic E-state index is 9.68. The van der Waals surface area contributed by atoms with E-state index in [2.05, 4.69) is 26.0 Å². The summed E-state index contributed by atoms with van der Waals surface area (Å²) in [4.78, 5) is 0. The zero-order valence-electron chi connectivity index (χ0n) is 10.9. The van der Waals surface area contributed by atoms with Gasteiger partial charge in [0.15, 0.2) is 0 Å². The monoisotopic (exact) mass is 232 g/mol. The second-order valence-electron chi connectivity index (χ2n) is 5.86. The van der Waals surface area contributed by atoms with E-state index in [1.54, 1.807) is 0 Å². The van der Waals surface area contributed by atoms with Gasteiger partial charge in [-0.3, -0.25) is 0 Å². The van der Waals surface area contributed by atoms with Gasteiger partial charge >= 0.3 is 7.12 Å². The molecule has 92 valence electrons. The molecular weight excluding hydrogens is 211 g/mol. The topological polar surface area (TPSA) is 29.5 Å². The molecule has 0 spiro atoms. The van der Waals surface area contributed by atoms with Crippen LogP contribution in [0.1, 0.15) is 44.6 Å². The third-order valence-electron chi connectivity index (χ3n) is 3.86. The lowest BCUT2D eigenvalue weighted by Gasteiger charge is -2.17. The third kappa shape index (κ3) is 2.91. The van der Waals surface area contributed by atoms with E-state index in [1.165, 1.54) is 31.9 Å². The Hall–Kier alpha value is -0.795. The minimum Gasteiger partial charge on any atom is -0.423 e. The maximum atomic E-state index is 9.68. The standard InChI is InChI=1S/C14H21BO2/c1-14(2)8-7-12(10-14)11-5-4-6-13(9-11)15(16)17-3/h4-6,9,12,16H,7-8,10H2,1-3H3. The molecule has 1 unspecified atom stereocenters. The van der Waals surface area contributed by atoms with Crippen LogP contribution in [0, 0.1) is 5.41 Å². The molecule has 3 heteroatoms. The van der Waals surface area contributed by atoms with Gasteiger partial charge in [0.05, 0.1) is 0 Å². The predicted octanol–water partition coefficient (Wildman–Crippen LogP) is 2.31. The van der Waals surface area contributed by atoms with E-state index in [-0.39, 0.29) is 0 Å². The summed E-state index contributed by atoms with van der Waals surface area (Å²) in [6.07, 6.45) is 3.77. The first-order valence-corrected chi connectivity index (χ1v) is 6.32. The van der Waals surface area contributed by atoms with Crippen molar-refractivity contribution in [3.63, 3.8) is 0 Å². The summed E-state index contributed by atoms with van der Waals surface area (Å²) in [6, 6.07) is 8.17. The molecule has 1 aliphatic rings. The number of rotatable bonds is 3. The van der Waals surface area contributed by atoms with Gasteiger partial charge in [0.1, 0.15) is 0 Å². The Labute approximate surface area is 104 Å². The number of hydrogen-bond acceptors (Lipinski definition) is 2. The Morgan fingerprint density at radius 2 is 2.18 bits per heavy atom. The van der Waals surface area contributed by atoms with E-state index in [9.17, 15) is 5.02 Å². The van der Waals surface area contributed by atoms with Crippen molar-refractivity contribution in [1.82, 2.24) is 0 Å². The Bertz CT molecular complexity index is 390. The molecule has 1 N–H and O–H groups in total. The third-order valence-corrected chi connectivity index (χ3v) is 3.86. The summed E-state index contributed by atoms with van der Waals surface area (Å²) in [5.41, 5.74) is 2.65. The number of hydrogen-bond donors (Lipinski definition) is 1. The summed E-state index contributed by atoms with van der Waals surface area (Å²) in [5, 5.41) is 9.68. The fraction of sp³-hybridized carbons (Fsp3) is 0.571. The van der Waals surface area contributed by atoms with Crippen molar-refractivity contribution in [3.8, 4) is 0 Å². The molecule has 0 heterocycles. The summed E-state index contributed by atoms with van der Waals surface area (Å²) in [7, 11) is 0.722. The summed E-state index contributed by atoms with van der Waals surface area (Å²) in [6.45, 7) is 4.67. The van der Waals surface area contributed by atoms with Crippen molar-refractivity contribution in [2.24, 2.45) is 5.41 Å². The van der Waals surface area contributed by atoms with Crippen LogP contribution in [-0.4, -0.2) is 19.3 Å². The molecule has 0 aromatic heterocycles. The molecule has 0 bridgehead atoms. The molecule has 0 aliphatic heterocycles. The highest BCUT2D eigenvalue weighted by atomic mass is 16.5. The molecule has 1 fully saturated rings. The van der Waals surface area contributed by atoms with Crippen LogP contribution >= 0.6 is 0 Å². The van der Waals surface area contributed by atoms with Crippen LogP contribution < -0.4 is 5.46 Å². The molecule has 2 rings (SSSR count). The van der Waals surface area contributed by atoms with Crippen molar-refractivity contribution >= 4 is 12.6 Å². The highest BCUT2D eigenvalue weighted by molar-refractivity contribution is 6.59. The molecule has 1 aliphatic carbocycles. The van der Waals surface area contributed by atoms with Crippen LogP contribution in [0.5, 0.6) is 0 Å². The highest BCUT2D eigenvalue weighted by Gasteiger charge is 2.32. The van der Waals surface area contributed by atoms with Crippen molar-refractivity contribution in [2.45, 2.75) is 39.0 Å². The predicted molar refractivity (Wildman–Crippen MR) is 71.4 cm³/mol. The van der Waals surface area contributed by atoms with E-state index < -0.39 is 7.12 Å². The van der Waals surface area contributed by atoms with Crippen LogP contribution in [-0.2, 0) is 4.65 Å². The lowest BCUT2D eigenvalue weighted by Crippen LogP contribution is -2.32. The first kappa shape index (κ1) is 12.7. The van der Waals surface area contributed by atoms with E-state index in [4.69, 9.17) is 4.65 Å². The van der Waals surface area contributed by atoms with Gasteiger partial charge in [0.25, 0.3) is 0 Å². The van der Waals surface area contributed by atoms with Gasteiger partial charge in [-0.05, 0) is 41.6 Å². The summed E-state index contributed by atoms with van der Waals surface area (Å²) in [5.74, 6) is 0.633. The lowest BCUT2D eigenvalue weighted by molar-refractivity contribution is 0.341. The quantitative estimate of drug-likeness (QED) is 0.810. The van der Waals surface area contributed by atoms with Gasteiger partial charge in [0, 0.05) is 7.11 Å². The van der Waals surface area contributed by atoms with Crippen molar-refractivity contribution in [2.75, 3.05) is 7.11 Å². The molecule has 0 radical (unpaired) electrons. The van der Waals surface area contributed by atoms with Gasteiger partial charge < -0.3 is 9.68 Å². The molecule has 1 aromatic rings. The molecular formula is C14H21BO2. The maximum Gasteiger partial charge on any atom is 0.490 e. The molecule has 17 heavy (non-hydrogen) atoms. The Balaban J connectivity index is 2.17. The zero-order chi connectivity index (χ0) is 12.5. The smallest absolute Gasteiger partial charge is 0.423 e. The van der Waals surface area contributed by atoms with Crippen molar-refractivity contribution < 1.29 is 9.68 Å². The molecule has 0 saturated heterocycles. The van der Waals surface area contributed by atoms with Gasteiger partial charge in [0.2, 0.25) is 0 Å².